The molecule has 0 amide bonds. The van der Waals surface area contributed by atoms with E-state index in [0.29, 0.717) is 24.0 Å². The summed E-state index contributed by atoms with van der Waals surface area (Å²) in [6.07, 6.45) is 3.70. The van der Waals surface area contributed by atoms with Crippen molar-refractivity contribution in [1.82, 2.24) is 9.55 Å². The first-order valence-corrected chi connectivity index (χ1v) is 9.17. The zero-order valence-corrected chi connectivity index (χ0v) is 16.3. The van der Waals surface area contributed by atoms with E-state index in [4.69, 9.17) is 21.1 Å². The first-order chi connectivity index (χ1) is 12.9. The minimum absolute atomic E-state index is 0.0632. The summed E-state index contributed by atoms with van der Waals surface area (Å²) in [7, 11) is 1.62. The number of nitrogens with one attached hydrogen (secondary N) is 1. The summed E-state index contributed by atoms with van der Waals surface area (Å²) < 4.78 is 24.3. The number of rotatable bonds is 8. The van der Waals surface area contributed by atoms with Gasteiger partial charge in [0.2, 0.25) is 6.86 Å². The summed E-state index contributed by atoms with van der Waals surface area (Å²) >= 11 is 6.18. The van der Waals surface area contributed by atoms with Crippen LogP contribution in [0.25, 0.3) is 0 Å². The number of methoxy groups -OCH3 is 1. The van der Waals surface area contributed by atoms with E-state index in [9.17, 15) is 9.18 Å². The van der Waals surface area contributed by atoms with E-state index in [2.05, 4.69) is 10.3 Å². The zero-order valence-electron chi connectivity index (χ0n) is 15.6. The maximum Gasteiger partial charge on any atom is 0.294 e. The Kier molecular flexibility index (Phi) is 6.01. The minimum atomic E-state index is -0.893. The second-order valence-electron chi connectivity index (χ2n) is 6.80. The van der Waals surface area contributed by atoms with Crippen LogP contribution in [0.5, 0.6) is 5.75 Å². The van der Waals surface area contributed by atoms with Gasteiger partial charge in [-0.15, -0.1) is 0 Å². The molecule has 2 aromatic rings. The Morgan fingerprint density at radius 2 is 2.11 bits per heavy atom. The second-order valence-corrected chi connectivity index (χ2v) is 7.18. The van der Waals surface area contributed by atoms with Crippen molar-refractivity contribution >= 4 is 23.1 Å². The molecule has 8 heteroatoms. The van der Waals surface area contributed by atoms with Crippen LogP contribution in [0.4, 0.5) is 15.9 Å². The molecular formula is C19H23ClFN3O3. The molecule has 0 saturated heterocycles. The molecule has 0 unspecified atom stereocenters. The first-order valence-electron chi connectivity index (χ1n) is 8.79. The summed E-state index contributed by atoms with van der Waals surface area (Å²) in [6.45, 7) is 3.20. The number of ether oxygens (including phenoxy) is 2. The maximum absolute atomic E-state index is 13.0. The second kappa shape index (κ2) is 8.27. The lowest BCUT2D eigenvalue weighted by Gasteiger charge is -2.20. The molecule has 1 aliphatic rings. The first kappa shape index (κ1) is 19.6. The predicted octanol–water partition coefficient (Wildman–Crippen LogP) is 4.16. The lowest BCUT2D eigenvalue weighted by Crippen LogP contribution is -2.30. The van der Waals surface area contributed by atoms with Crippen molar-refractivity contribution < 1.29 is 13.9 Å². The molecular weight excluding hydrogens is 373 g/mol. The summed E-state index contributed by atoms with van der Waals surface area (Å²) in [4.78, 5) is 17.2. The van der Waals surface area contributed by atoms with Crippen LogP contribution in [-0.2, 0) is 4.74 Å². The van der Waals surface area contributed by atoms with Gasteiger partial charge in [0.15, 0.2) is 5.82 Å². The zero-order chi connectivity index (χ0) is 19.6. The number of alkyl halides is 1. The Morgan fingerprint density at radius 3 is 2.74 bits per heavy atom. The molecule has 1 aromatic carbocycles. The normalized spacial score (nSPS) is 14.9. The highest BCUT2D eigenvalue weighted by molar-refractivity contribution is 6.29. The molecule has 1 fully saturated rings. The van der Waals surface area contributed by atoms with Gasteiger partial charge in [0.1, 0.15) is 10.9 Å². The van der Waals surface area contributed by atoms with Crippen molar-refractivity contribution in [3.05, 3.63) is 45.0 Å². The quantitative estimate of drug-likeness (QED) is 0.727. The fourth-order valence-electron chi connectivity index (χ4n) is 3.17. The van der Waals surface area contributed by atoms with Gasteiger partial charge in [-0.25, -0.2) is 9.37 Å². The van der Waals surface area contributed by atoms with E-state index >= 15 is 0 Å². The fourth-order valence-corrected chi connectivity index (χ4v) is 3.36. The molecule has 1 aliphatic carbocycles. The Hall–Kier alpha value is -2.12. The van der Waals surface area contributed by atoms with Crippen LogP contribution >= 0.6 is 11.6 Å². The number of halogens is 2. The molecule has 146 valence electrons. The monoisotopic (exact) mass is 395 g/mol. The third-order valence-electron chi connectivity index (χ3n) is 4.75. The highest BCUT2D eigenvalue weighted by Gasteiger charge is 2.33. The molecule has 6 nitrogen and oxygen atoms in total. The van der Waals surface area contributed by atoms with Gasteiger partial charge >= 0.3 is 0 Å². The third kappa shape index (κ3) is 4.42. The van der Waals surface area contributed by atoms with Crippen molar-refractivity contribution in [2.75, 3.05) is 25.9 Å². The number of hydrogen-bond donors (Lipinski definition) is 1. The molecule has 0 aliphatic heterocycles. The number of anilines is 2. The van der Waals surface area contributed by atoms with E-state index < -0.39 is 6.86 Å². The van der Waals surface area contributed by atoms with Gasteiger partial charge in [-0.1, -0.05) is 11.6 Å². The topological polar surface area (TPSA) is 65.4 Å². The summed E-state index contributed by atoms with van der Waals surface area (Å²) in [5.74, 6) is 1.02. The third-order valence-corrected chi connectivity index (χ3v) is 4.93. The highest BCUT2D eigenvalue weighted by Crippen LogP contribution is 2.39. The Morgan fingerprint density at radius 1 is 1.37 bits per heavy atom. The van der Waals surface area contributed by atoms with E-state index in [1.54, 1.807) is 36.9 Å². The van der Waals surface area contributed by atoms with Crippen molar-refractivity contribution in [3.63, 3.8) is 0 Å². The lowest BCUT2D eigenvalue weighted by atomic mass is 10.1. The molecule has 27 heavy (non-hydrogen) atoms. The molecule has 1 atom stereocenters. The van der Waals surface area contributed by atoms with Crippen molar-refractivity contribution in [1.29, 1.82) is 0 Å². The largest absolute Gasteiger partial charge is 0.463 e. The van der Waals surface area contributed by atoms with Gasteiger partial charge < -0.3 is 19.4 Å². The Bertz CT molecular complexity index is 883. The van der Waals surface area contributed by atoms with E-state index in [1.165, 1.54) is 0 Å². The van der Waals surface area contributed by atoms with Crippen LogP contribution in [0.15, 0.2) is 23.1 Å². The average molecular weight is 396 g/mol. The van der Waals surface area contributed by atoms with Crippen molar-refractivity contribution in [2.45, 2.75) is 32.7 Å². The van der Waals surface area contributed by atoms with Crippen LogP contribution in [0.1, 0.15) is 30.0 Å². The Labute approximate surface area is 162 Å². The van der Waals surface area contributed by atoms with Crippen molar-refractivity contribution in [2.24, 2.45) is 5.92 Å². The molecule has 1 N–H and O–H groups in total. The molecule has 3 rings (SSSR count). The van der Waals surface area contributed by atoms with Gasteiger partial charge in [-0.2, -0.15) is 0 Å². The lowest BCUT2D eigenvalue weighted by molar-refractivity contribution is 0.143. The van der Waals surface area contributed by atoms with Gasteiger partial charge in [-0.05, 0) is 55.9 Å². The number of aromatic nitrogens is 2. The maximum atomic E-state index is 13.0. The smallest absolute Gasteiger partial charge is 0.294 e. The van der Waals surface area contributed by atoms with E-state index in [1.807, 2.05) is 6.92 Å². The van der Waals surface area contributed by atoms with Gasteiger partial charge in [-0.3, -0.25) is 4.79 Å². The summed E-state index contributed by atoms with van der Waals surface area (Å²) in [6, 6.07) is 3.45. The molecule has 0 bridgehead atoms. The SMILES string of the molecule is COC[C@@H](C1CC1)n1cc(Cl)nc(Nc2cc(C)c(OCF)cc2C)c1=O. The number of hydrogen-bond acceptors (Lipinski definition) is 5. The molecule has 1 saturated carbocycles. The molecule has 1 heterocycles. The van der Waals surface area contributed by atoms with Crippen LogP contribution in [-0.4, -0.2) is 30.1 Å². The predicted molar refractivity (Wildman–Crippen MR) is 103 cm³/mol. The molecule has 0 radical (unpaired) electrons. The minimum Gasteiger partial charge on any atom is -0.463 e. The summed E-state index contributed by atoms with van der Waals surface area (Å²) in [5, 5.41) is 3.30. The van der Waals surface area contributed by atoms with E-state index in [-0.39, 0.29) is 22.6 Å². The van der Waals surface area contributed by atoms with Gasteiger partial charge in [0, 0.05) is 19.0 Å². The standard InChI is InChI=1S/C19H23ClFN3O3/c1-11-7-16(27-10-21)12(2)6-14(11)22-18-19(25)24(8-17(20)23-18)15(9-26-3)13-4-5-13/h6-8,13,15H,4-5,9-10H2,1-3H3,(H,22,23)/t15-/m0/s1. The van der Waals surface area contributed by atoms with Crippen molar-refractivity contribution in [3.8, 4) is 5.75 Å². The fraction of sp³-hybridized carbons (Fsp3) is 0.474. The average Bonchev–Trinajstić information content (AvgIpc) is 3.45. The molecule has 1 aromatic heterocycles. The van der Waals surface area contributed by atoms with Crippen LogP contribution in [0.3, 0.4) is 0 Å². The van der Waals surface area contributed by atoms with Crippen LogP contribution in [0.2, 0.25) is 5.15 Å². The van der Waals surface area contributed by atoms with Gasteiger partial charge in [0.05, 0.1) is 12.6 Å². The molecule has 0 spiro atoms. The highest BCUT2D eigenvalue weighted by atomic mass is 35.5. The van der Waals surface area contributed by atoms with E-state index in [0.717, 1.165) is 24.0 Å². The number of benzene rings is 1. The van der Waals surface area contributed by atoms with Gasteiger partial charge in [0.25, 0.3) is 5.56 Å². The number of aryl methyl sites for hydroxylation is 2. The van der Waals surface area contributed by atoms with Crippen LogP contribution < -0.4 is 15.6 Å². The number of nitrogens with zero attached hydrogens (tertiary/aromatic N) is 2. The Balaban J connectivity index is 1.96. The summed E-state index contributed by atoms with van der Waals surface area (Å²) in [5.41, 5.74) is 1.98. The van der Waals surface area contributed by atoms with Crippen LogP contribution in [0, 0.1) is 19.8 Å².